The fraction of sp³-hybridized carbons (Fsp3) is 0.400. The molecule has 0 aliphatic rings. The van der Waals surface area contributed by atoms with E-state index in [0.29, 0.717) is 22.6 Å². The molecule has 1 N–H and O–H groups in total. The summed E-state index contributed by atoms with van der Waals surface area (Å²) < 4.78 is 31.4. The number of rotatable bonds is 7. The molecule has 0 amide bonds. The lowest BCUT2D eigenvalue weighted by molar-refractivity contribution is 0.130. The van der Waals surface area contributed by atoms with E-state index < -0.39 is 17.9 Å². The fourth-order valence-electron chi connectivity index (χ4n) is 1.85. The maximum Gasteiger partial charge on any atom is 0.239 e. The fourth-order valence-corrected chi connectivity index (χ4v) is 4.51. The van der Waals surface area contributed by atoms with Crippen molar-refractivity contribution >= 4 is 40.5 Å². The Labute approximate surface area is 151 Å². The number of sulfone groups is 1. The summed E-state index contributed by atoms with van der Waals surface area (Å²) in [6.07, 6.45) is 0. The molecule has 0 saturated heterocycles. The molecule has 126 valence electrons. The van der Waals surface area contributed by atoms with Gasteiger partial charge >= 0.3 is 0 Å². The normalized spacial score (nSPS) is 12.5. The molecule has 0 aliphatic heterocycles. The van der Waals surface area contributed by atoms with Crippen LogP contribution in [-0.4, -0.2) is 33.1 Å². The topological polar surface area (TPSA) is 72.1 Å². The van der Waals surface area contributed by atoms with Crippen molar-refractivity contribution in [1.82, 2.24) is 9.97 Å². The van der Waals surface area contributed by atoms with Crippen LogP contribution in [0.15, 0.2) is 40.4 Å². The molecule has 23 heavy (non-hydrogen) atoms. The summed E-state index contributed by atoms with van der Waals surface area (Å²) >= 11 is 2.03. The average molecular weight is 464 g/mol. The second kappa shape index (κ2) is 7.45. The third kappa shape index (κ3) is 5.13. The number of benzene rings is 1. The molecule has 0 radical (unpaired) electrons. The summed E-state index contributed by atoms with van der Waals surface area (Å²) in [6, 6.07) is 9.38. The van der Waals surface area contributed by atoms with Gasteiger partial charge < -0.3 is 9.72 Å². The van der Waals surface area contributed by atoms with E-state index in [0.717, 1.165) is 6.04 Å². The highest BCUT2D eigenvalue weighted by Gasteiger charge is 2.23. The number of hydrogen-bond acceptors (Lipinski definition) is 4. The minimum Gasteiger partial charge on any atom is -0.375 e. The van der Waals surface area contributed by atoms with Crippen LogP contribution in [0.25, 0.3) is 0 Å². The largest absolute Gasteiger partial charge is 0.375 e. The van der Waals surface area contributed by atoms with Gasteiger partial charge in [-0.2, -0.15) is 0 Å². The molecule has 0 fully saturated rings. The lowest BCUT2D eigenvalue weighted by atomic mass is 10.4. The Morgan fingerprint density at radius 1 is 1.22 bits per heavy atom. The molecule has 0 saturated carbocycles. The van der Waals surface area contributed by atoms with Crippen molar-refractivity contribution in [2.45, 2.75) is 42.3 Å². The molecular formula is C15H21IN2O3SSi. The van der Waals surface area contributed by atoms with Crippen molar-refractivity contribution < 1.29 is 13.2 Å². The number of halogens is 1. The van der Waals surface area contributed by atoms with Crippen LogP contribution in [0.1, 0.15) is 5.69 Å². The number of ether oxygens (including phenoxy) is 1. The SMILES string of the molecule is C[Si](C)(C)CCOCc1[nH]c(S(=O)(=O)c2ccccc2)nc1I. The standard InChI is InChI=1S/C15H21IN2O3SSi/c1-23(2,3)10-9-21-11-13-14(16)18-15(17-13)22(19,20)12-7-5-4-6-8-12/h4-8H,9-11H2,1-3H3,(H,17,18). The second-order valence-electron chi connectivity index (χ2n) is 6.49. The molecular weight excluding hydrogens is 443 g/mol. The predicted octanol–water partition coefficient (Wildman–Crippen LogP) is 3.70. The zero-order valence-corrected chi connectivity index (χ0v) is 17.4. The van der Waals surface area contributed by atoms with E-state index in [2.05, 4.69) is 29.6 Å². The van der Waals surface area contributed by atoms with Gasteiger partial charge in [-0.15, -0.1) is 0 Å². The maximum absolute atomic E-state index is 12.5. The van der Waals surface area contributed by atoms with Gasteiger partial charge in [0.2, 0.25) is 15.0 Å². The summed E-state index contributed by atoms with van der Waals surface area (Å²) in [7, 11) is -4.74. The van der Waals surface area contributed by atoms with Gasteiger partial charge in [0.05, 0.1) is 17.2 Å². The molecule has 2 aromatic rings. The monoisotopic (exact) mass is 464 g/mol. The third-order valence-corrected chi connectivity index (χ3v) is 7.45. The highest BCUT2D eigenvalue weighted by molar-refractivity contribution is 14.1. The van der Waals surface area contributed by atoms with Gasteiger partial charge in [0.15, 0.2) is 0 Å². The number of imidazole rings is 1. The molecule has 8 heteroatoms. The molecule has 0 spiro atoms. The summed E-state index contributed by atoms with van der Waals surface area (Å²) in [5.74, 6) is 0. The molecule has 0 bridgehead atoms. The van der Waals surface area contributed by atoms with Crippen molar-refractivity contribution in [1.29, 1.82) is 0 Å². The molecule has 1 heterocycles. The zero-order chi connectivity index (χ0) is 17.1. The molecule has 0 unspecified atom stereocenters. The van der Waals surface area contributed by atoms with Gasteiger partial charge in [0.1, 0.15) is 3.70 Å². The number of aromatic nitrogens is 2. The lowest BCUT2D eigenvalue weighted by Gasteiger charge is -2.15. The van der Waals surface area contributed by atoms with Crippen molar-refractivity contribution in [3.63, 3.8) is 0 Å². The van der Waals surface area contributed by atoms with Crippen molar-refractivity contribution in [2.24, 2.45) is 0 Å². The number of aromatic amines is 1. The van der Waals surface area contributed by atoms with Crippen molar-refractivity contribution in [3.05, 3.63) is 39.7 Å². The van der Waals surface area contributed by atoms with Gasteiger partial charge in [-0.25, -0.2) is 13.4 Å². The Bertz CT molecular complexity index is 755. The van der Waals surface area contributed by atoms with Crippen LogP contribution in [0, 0.1) is 3.70 Å². The van der Waals surface area contributed by atoms with E-state index in [4.69, 9.17) is 4.74 Å². The first-order valence-corrected chi connectivity index (χ1v) is 13.6. The van der Waals surface area contributed by atoms with E-state index in [1.54, 1.807) is 30.3 Å². The Hall–Kier alpha value is -0.713. The Morgan fingerprint density at radius 2 is 1.87 bits per heavy atom. The summed E-state index contributed by atoms with van der Waals surface area (Å²) in [4.78, 5) is 7.29. The molecule has 1 aromatic carbocycles. The van der Waals surface area contributed by atoms with Crippen LogP contribution in [-0.2, 0) is 21.2 Å². The summed E-state index contributed by atoms with van der Waals surface area (Å²) in [5, 5.41) is -0.0307. The van der Waals surface area contributed by atoms with Crippen LogP contribution >= 0.6 is 22.6 Å². The summed E-state index contributed by atoms with van der Waals surface area (Å²) in [6.45, 7) is 7.91. The Morgan fingerprint density at radius 3 is 2.48 bits per heavy atom. The second-order valence-corrected chi connectivity index (χ2v) is 15.0. The van der Waals surface area contributed by atoms with Gasteiger partial charge in [-0.1, -0.05) is 37.8 Å². The zero-order valence-electron chi connectivity index (χ0n) is 13.5. The molecule has 0 atom stereocenters. The number of nitrogens with one attached hydrogen (secondary N) is 1. The Kier molecular flexibility index (Phi) is 6.03. The third-order valence-electron chi connectivity index (χ3n) is 3.26. The minimum absolute atomic E-state index is 0.0307. The molecule has 2 rings (SSSR count). The summed E-state index contributed by atoms with van der Waals surface area (Å²) in [5.41, 5.74) is 0.704. The van der Waals surface area contributed by atoms with Crippen molar-refractivity contribution in [2.75, 3.05) is 6.61 Å². The minimum atomic E-state index is -3.61. The highest BCUT2D eigenvalue weighted by Crippen LogP contribution is 2.21. The molecule has 0 aliphatic carbocycles. The van der Waals surface area contributed by atoms with E-state index in [1.807, 2.05) is 22.6 Å². The van der Waals surface area contributed by atoms with Crippen LogP contribution < -0.4 is 0 Å². The van der Waals surface area contributed by atoms with E-state index in [-0.39, 0.29) is 10.1 Å². The number of nitrogens with zero attached hydrogens (tertiary/aromatic N) is 1. The van der Waals surface area contributed by atoms with Gasteiger partial charge in [-0.05, 0) is 40.8 Å². The number of H-pyrrole nitrogens is 1. The first-order chi connectivity index (χ1) is 10.7. The van der Waals surface area contributed by atoms with E-state index in [1.165, 1.54) is 0 Å². The molecule has 5 nitrogen and oxygen atoms in total. The smallest absolute Gasteiger partial charge is 0.239 e. The van der Waals surface area contributed by atoms with E-state index >= 15 is 0 Å². The van der Waals surface area contributed by atoms with Crippen LogP contribution in [0.2, 0.25) is 25.7 Å². The average Bonchev–Trinajstić information content (AvgIpc) is 2.86. The quantitative estimate of drug-likeness (QED) is 0.385. The van der Waals surface area contributed by atoms with Crippen LogP contribution in [0.4, 0.5) is 0 Å². The van der Waals surface area contributed by atoms with Gasteiger partial charge in [-0.3, -0.25) is 0 Å². The Balaban J connectivity index is 2.09. The van der Waals surface area contributed by atoms with E-state index in [9.17, 15) is 8.42 Å². The van der Waals surface area contributed by atoms with Gasteiger partial charge in [0.25, 0.3) is 0 Å². The van der Waals surface area contributed by atoms with Crippen molar-refractivity contribution in [3.8, 4) is 0 Å². The number of hydrogen-bond donors (Lipinski definition) is 1. The first kappa shape index (κ1) is 18.6. The maximum atomic E-state index is 12.5. The predicted molar refractivity (Wildman–Crippen MR) is 101 cm³/mol. The van der Waals surface area contributed by atoms with Gasteiger partial charge in [0, 0.05) is 14.7 Å². The molecule has 1 aromatic heterocycles. The van der Waals surface area contributed by atoms with Crippen LogP contribution in [0.3, 0.4) is 0 Å². The lowest BCUT2D eigenvalue weighted by Crippen LogP contribution is -2.21. The highest BCUT2D eigenvalue weighted by atomic mass is 127. The van der Waals surface area contributed by atoms with Crippen LogP contribution in [0.5, 0.6) is 0 Å². The first-order valence-electron chi connectivity index (χ1n) is 7.32.